The summed E-state index contributed by atoms with van der Waals surface area (Å²) in [7, 11) is 0. The van der Waals surface area contributed by atoms with Crippen molar-refractivity contribution in [3.8, 4) is 0 Å². The van der Waals surface area contributed by atoms with E-state index >= 15 is 0 Å². The first-order chi connectivity index (χ1) is 6.50. The van der Waals surface area contributed by atoms with Crippen LogP contribution in [0.15, 0.2) is 0 Å². The van der Waals surface area contributed by atoms with Crippen molar-refractivity contribution >= 4 is 5.97 Å². The van der Waals surface area contributed by atoms with Gasteiger partial charge in [0.05, 0.1) is 0 Å². The minimum absolute atomic E-state index is 0.329. The Morgan fingerprint density at radius 2 is 2.21 bits per heavy atom. The first-order valence-corrected chi connectivity index (χ1v) is 5.46. The van der Waals surface area contributed by atoms with Gasteiger partial charge in [-0.3, -0.25) is 4.79 Å². The van der Waals surface area contributed by atoms with E-state index < -0.39 is 5.97 Å². The van der Waals surface area contributed by atoms with Gasteiger partial charge in [0.15, 0.2) is 0 Å². The maximum Gasteiger partial charge on any atom is 0.303 e. The fourth-order valence-electron chi connectivity index (χ4n) is 2.30. The van der Waals surface area contributed by atoms with Crippen LogP contribution in [0.4, 0.5) is 0 Å². The molecule has 14 heavy (non-hydrogen) atoms. The molecule has 1 fully saturated rings. The molecule has 0 aliphatic carbocycles. The highest BCUT2D eigenvalue weighted by molar-refractivity contribution is 5.67. The monoisotopic (exact) mass is 199 g/mol. The highest BCUT2D eigenvalue weighted by Crippen LogP contribution is 2.27. The normalized spacial score (nSPS) is 28.6. The van der Waals surface area contributed by atoms with Crippen LogP contribution in [0.2, 0.25) is 0 Å². The van der Waals surface area contributed by atoms with Gasteiger partial charge in [-0.2, -0.15) is 0 Å². The number of hydrogen-bond donors (Lipinski definition) is 1. The summed E-state index contributed by atoms with van der Waals surface area (Å²) in [5, 5.41) is 8.74. The van der Waals surface area contributed by atoms with Crippen molar-refractivity contribution in [2.75, 3.05) is 13.1 Å². The lowest BCUT2D eigenvalue weighted by Crippen LogP contribution is -2.33. The molecular formula is C11H21NO2. The summed E-state index contributed by atoms with van der Waals surface area (Å²) in [6, 6.07) is 0.438. The summed E-state index contributed by atoms with van der Waals surface area (Å²) in [5.74, 6) is 0.362. The third-order valence-electron chi connectivity index (χ3n) is 3.08. The fourth-order valence-corrected chi connectivity index (χ4v) is 2.30. The van der Waals surface area contributed by atoms with Crippen LogP contribution in [0, 0.1) is 11.8 Å². The van der Waals surface area contributed by atoms with Crippen molar-refractivity contribution in [2.24, 2.45) is 11.8 Å². The SMILES string of the molecule is CC(C)CN1CC[C@@H](CC(=O)O)[C@@H]1C. The van der Waals surface area contributed by atoms with Crippen molar-refractivity contribution in [3.05, 3.63) is 0 Å². The molecule has 0 aromatic heterocycles. The number of hydrogen-bond acceptors (Lipinski definition) is 2. The maximum atomic E-state index is 10.6. The van der Waals surface area contributed by atoms with E-state index in [2.05, 4.69) is 25.7 Å². The second kappa shape index (κ2) is 4.78. The average molecular weight is 199 g/mol. The van der Waals surface area contributed by atoms with Gasteiger partial charge in [-0.15, -0.1) is 0 Å². The van der Waals surface area contributed by atoms with Crippen molar-refractivity contribution in [3.63, 3.8) is 0 Å². The van der Waals surface area contributed by atoms with Crippen molar-refractivity contribution < 1.29 is 9.90 Å². The Hall–Kier alpha value is -0.570. The maximum absolute atomic E-state index is 10.6. The van der Waals surface area contributed by atoms with Gasteiger partial charge < -0.3 is 10.0 Å². The summed E-state index contributed by atoms with van der Waals surface area (Å²) >= 11 is 0. The lowest BCUT2D eigenvalue weighted by Gasteiger charge is -2.25. The Morgan fingerprint density at radius 1 is 1.57 bits per heavy atom. The first kappa shape index (κ1) is 11.5. The summed E-state index contributed by atoms with van der Waals surface area (Å²) in [6.45, 7) is 8.73. The molecule has 0 aromatic carbocycles. The summed E-state index contributed by atoms with van der Waals surface area (Å²) < 4.78 is 0. The van der Waals surface area contributed by atoms with Crippen LogP contribution in [-0.2, 0) is 4.79 Å². The molecule has 0 aromatic rings. The Balaban J connectivity index is 2.42. The number of likely N-dealkylation sites (tertiary alicyclic amines) is 1. The van der Waals surface area contributed by atoms with Crippen LogP contribution >= 0.6 is 0 Å². The topological polar surface area (TPSA) is 40.5 Å². The Bertz CT molecular complexity index is 203. The van der Waals surface area contributed by atoms with E-state index in [0.717, 1.165) is 19.5 Å². The molecule has 0 spiro atoms. The van der Waals surface area contributed by atoms with Crippen LogP contribution in [0.3, 0.4) is 0 Å². The number of nitrogens with zero attached hydrogens (tertiary/aromatic N) is 1. The highest BCUT2D eigenvalue weighted by Gasteiger charge is 2.31. The van der Waals surface area contributed by atoms with E-state index in [4.69, 9.17) is 5.11 Å². The second-order valence-corrected chi connectivity index (χ2v) is 4.78. The van der Waals surface area contributed by atoms with Gasteiger partial charge in [0.25, 0.3) is 0 Å². The molecule has 3 heteroatoms. The predicted octanol–water partition coefficient (Wildman–Crippen LogP) is 1.83. The van der Waals surface area contributed by atoms with Crippen LogP contribution in [-0.4, -0.2) is 35.1 Å². The lowest BCUT2D eigenvalue weighted by molar-refractivity contribution is -0.138. The third-order valence-corrected chi connectivity index (χ3v) is 3.08. The smallest absolute Gasteiger partial charge is 0.303 e. The van der Waals surface area contributed by atoms with Gasteiger partial charge >= 0.3 is 5.97 Å². The predicted molar refractivity (Wildman–Crippen MR) is 56.2 cm³/mol. The molecule has 82 valence electrons. The zero-order valence-electron chi connectivity index (χ0n) is 9.36. The molecule has 3 nitrogen and oxygen atoms in total. The van der Waals surface area contributed by atoms with E-state index in [1.54, 1.807) is 0 Å². The second-order valence-electron chi connectivity index (χ2n) is 4.78. The molecule has 1 rings (SSSR count). The Kier molecular flexibility index (Phi) is 3.93. The van der Waals surface area contributed by atoms with E-state index in [9.17, 15) is 4.79 Å². The van der Waals surface area contributed by atoms with Gasteiger partial charge in [-0.05, 0) is 31.7 Å². The number of aliphatic carboxylic acids is 1. The van der Waals surface area contributed by atoms with E-state index in [-0.39, 0.29) is 0 Å². The molecule has 0 radical (unpaired) electrons. The molecule has 0 bridgehead atoms. The van der Waals surface area contributed by atoms with Gasteiger partial charge in [0.1, 0.15) is 0 Å². The number of rotatable bonds is 4. The quantitative estimate of drug-likeness (QED) is 0.751. The molecule has 1 N–H and O–H groups in total. The van der Waals surface area contributed by atoms with Gasteiger partial charge in [-0.25, -0.2) is 0 Å². The molecule has 0 amide bonds. The molecular weight excluding hydrogens is 178 g/mol. The Morgan fingerprint density at radius 3 is 2.71 bits per heavy atom. The van der Waals surface area contributed by atoms with Gasteiger partial charge in [0.2, 0.25) is 0 Å². The standard InChI is InChI=1S/C11H21NO2/c1-8(2)7-12-5-4-10(9(12)3)6-11(13)14/h8-10H,4-7H2,1-3H3,(H,13,14)/t9-,10-/m0/s1. The van der Waals surface area contributed by atoms with E-state index in [0.29, 0.717) is 24.3 Å². The lowest BCUT2D eigenvalue weighted by atomic mass is 9.98. The van der Waals surface area contributed by atoms with Crippen LogP contribution < -0.4 is 0 Å². The minimum Gasteiger partial charge on any atom is -0.481 e. The molecule has 0 unspecified atom stereocenters. The van der Waals surface area contributed by atoms with E-state index in [1.807, 2.05) is 0 Å². The number of carboxylic acid groups (broad SMARTS) is 1. The largest absolute Gasteiger partial charge is 0.481 e. The van der Waals surface area contributed by atoms with Gasteiger partial charge in [-0.1, -0.05) is 13.8 Å². The Labute approximate surface area is 86.1 Å². The summed E-state index contributed by atoms with van der Waals surface area (Å²) in [5.41, 5.74) is 0. The van der Waals surface area contributed by atoms with Crippen molar-refractivity contribution in [2.45, 2.75) is 39.7 Å². The molecule has 1 aliphatic heterocycles. The summed E-state index contributed by atoms with van der Waals surface area (Å²) in [4.78, 5) is 13.0. The van der Waals surface area contributed by atoms with Crippen molar-refractivity contribution in [1.82, 2.24) is 4.90 Å². The fraction of sp³-hybridized carbons (Fsp3) is 0.909. The van der Waals surface area contributed by atoms with Gasteiger partial charge in [0, 0.05) is 19.0 Å². The summed E-state index contributed by atoms with van der Waals surface area (Å²) in [6.07, 6.45) is 1.37. The zero-order chi connectivity index (χ0) is 10.7. The average Bonchev–Trinajstić information content (AvgIpc) is 2.34. The van der Waals surface area contributed by atoms with Crippen LogP contribution in [0.1, 0.15) is 33.6 Å². The van der Waals surface area contributed by atoms with E-state index in [1.165, 1.54) is 0 Å². The number of carbonyl (C=O) groups is 1. The van der Waals surface area contributed by atoms with Crippen LogP contribution in [0.5, 0.6) is 0 Å². The number of carboxylic acids is 1. The minimum atomic E-state index is -0.659. The van der Waals surface area contributed by atoms with Crippen LogP contribution in [0.25, 0.3) is 0 Å². The van der Waals surface area contributed by atoms with Crippen molar-refractivity contribution in [1.29, 1.82) is 0 Å². The highest BCUT2D eigenvalue weighted by atomic mass is 16.4. The molecule has 1 heterocycles. The zero-order valence-corrected chi connectivity index (χ0v) is 9.36. The molecule has 2 atom stereocenters. The molecule has 0 saturated carbocycles. The molecule has 1 saturated heterocycles. The third kappa shape index (κ3) is 2.98. The molecule has 1 aliphatic rings. The first-order valence-electron chi connectivity index (χ1n) is 5.46.